The first kappa shape index (κ1) is 13.0. The molecular formula is C13H18N2O3. The standard InChI is InChI=1S/C13H18N2O3/c1-13(16)7-2-8-14(10-13)9-11-3-5-12(6-4-11)15(17)18/h3-6,16H,2,7-10H2,1H3. The van der Waals surface area contributed by atoms with E-state index < -0.39 is 10.5 Å². The summed E-state index contributed by atoms with van der Waals surface area (Å²) >= 11 is 0. The van der Waals surface area contributed by atoms with Crippen LogP contribution in [0.25, 0.3) is 0 Å². The highest BCUT2D eigenvalue weighted by molar-refractivity contribution is 5.32. The molecule has 1 aromatic rings. The minimum atomic E-state index is -0.612. The quantitative estimate of drug-likeness (QED) is 0.657. The minimum absolute atomic E-state index is 0.115. The Morgan fingerprint density at radius 1 is 1.44 bits per heavy atom. The van der Waals surface area contributed by atoms with Crippen LogP contribution in [0.15, 0.2) is 24.3 Å². The fourth-order valence-electron chi connectivity index (χ4n) is 2.44. The Hall–Kier alpha value is -1.46. The van der Waals surface area contributed by atoms with Crippen molar-refractivity contribution in [2.24, 2.45) is 0 Å². The van der Waals surface area contributed by atoms with E-state index in [1.807, 2.05) is 6.92 Å². The van der Waals surface area contributed by atoms with Gasteiger partial charge in [0.2, 0.25) is 0 Å². The van der Waals surface area contributed by atoms with Crippen LogP contribution in [0.3, 0.4) is 0 Å². The first-order valence-corrected chi connectivity index (χ1v) is 6.14. The highest BCUT2D eigenvalue weighted by atomic mass is 16.6. The first-order valence-electron chi connectivity index (χ1n) is 6.14. The van der Waals surface area contributed by atoms with Crippen molar-refractivity contribution in [2.45, 2.75) is 31.9 Å². The van der Waals surface area contributed by atoms with E-state index in [-0.39, 0.29) is 5.69 Å². The van der Waals surface area contributed by atoms with Crippen LogP contribution in [0.2, 0.25) is 0 Å². The lowest BCUT2D eigenvalue weighted by molar-refractivity contribution is -0.384. The van der Waals surface area contributed by atoms with Crippen molar-refractivity contribution in [3.8, 4) is 0 Å². The summed E-state index contributed by atoms with van der Waals surface area (Å²) in [5.41, 5.74) is 0.543. The highest BCUT2D eigenvalue weighted by Gasteiger charge is 2.28. The lowest BCUT2D eigenvalue weighted by atomic mass is 9.95. The maximum Gasteiger partial charge on any atom is 0.269 e. The summed E-state index contributed by atoms with van der Waals surface area (Å²) in [6.45, 7) is 4.21. The summed E-state index contributed by atoms with van der Waals surface area (Å²) in [4.78, 5) is 12.3. The number of nitrogens with zero attached hydrogens (tertiary/aromatic N) is 2. The zero-order chi connectivity index (χ0) is 13.2. The fourth-order valence-corrected chi connectivity index (χ4v) is 2.44. The van der Waals surface area contributed by atoms with Crippen LogP contribution in [0.4, 0.5) is 5.69 Å². The van der Waals surface area contributed by atoms with Crippen molar-refractivity contribution in [3.63, 3.8) is 0 Å². The third-order valence-corrected chi connectivity index (χ3v) is 3.31. The molecule has 1 saturated heterocycles. The van der Waals surface area contributed by atoms with Crippen LogP contribution >= 0.6 is 0 Å². The molecule has 1 aromatic carbocycles. The molecule has 0 radical (unpaired) electrons. The zero-order valence-electron chi connectivity index (χ0n) is 10.5. The number of β-amino-alcohol motifs (C(OH)–C–C–N with tert-alkyl or cyclic N) is 1. The minimum Gasteiger partial charge on any atom is -0.389 e. The molecule has 1 unspecified atom stereocenters. The number of likely N-dealkylation sites (tertiary alicyclic amines) is 1. The molecule has 1 heterocycles. The van der Waals surface area contributed by atoms with Crippen LogP contribution in [0.5, 0.6) is 0 Å². The number of nitro benzene ring substituents is 1. The molecule has 1 atom stereocenters. The predicted molar refractivity (Wildman–Crippen MR) is 68.2 cm³/mol. The summed E-state index contributed by atoms with van der Waals surface area (Å²) in [6.07, 6.45) is 1.82. The Balaban J connectivity index is 1.99. The molecule has 0 amide bonds. The van der Waals surface area contributed by atoms with E-state index in [1.54, 1.807) is 12.1 Å². The number of benzene rings is 1. The molecule has 0 aliphatic carbocycles. The molecule has 5 heteroatoms. The van der Waals surface area contributed by atoms with Gasteiger partial charge in [0.1, 0.15) is 0 Å². The Morgan fingerprint density at radius 3 is 2.67 bits per heavy atom. The molecule has 0 aromatic heterocycles. The first-order chi connectivity index (χ1) is 8.46. The summed E-state index contributed by atoms with van der Waals surface area (Å²) in [5, 5.41) is 20.6. The average Bonchev–Trinajstić information content (AvgIpc) is 2.28. The van der Waals surface area contributed by atoms with Crippen molar-refractivity contribution >= 4 is 5.69 Å². The molecule has 1 aliphatic heterocycles. The van der Waals surface area contributed by atoms with Gasteiger partial charge in [0.25, 0.3) is 5.69 Å². The van der Waals surface area contributed by atoms with E-state index in [2.05, 4.69) is 4.90 Å². The van der Waals surface area contributed by atoms with E-state index in [4.69, 9.17) is 0 Å². The van der Waals surface area contributed by atoms with E-state index in [0.717, 1.165) is 31.5 Å². The average molecular weight is 250 g/mol. The lowest BCUT2D eigenvalue weighted by Crippen LogP contribution is -2.45. The van der Waals surface area contributed by atoms with Crippen LogP contribution in [0, 0.1) is 10.1 Å². The second-order valence-corrected chi connectivity index (χ2v) is 5.23. The molecule has 18 heavy (non-hydrogen) atoms. The maximum atomic E-state index is 10.5. The maximum absolute atomic E-state index is 10.5. The highest BCUT2D eigenvalue weighted by Crippen LogP contribution is 2.22. The van der Waals surface area contributed by atoms with Gasteiger partial charge in [-0.15, -0.1) is 0 Å². The largest absolute Gasteiger partial charge is 0.389 e. The van der Waals surface area contributed by atoms with Gasteiger partial charge >= 0.3 is 0 Å². The van der Waals surface area contributed by atoms with Gasteiger partial charge in [0.15, 0.2) is 0 Å². The zero-order valence-corrected chi connectivity index (χ0v) is 10.5. The molecule has 0 saturated carbocycles. The van der Waals surface area contributed by atoms with Crippen molar-refractivity contribution in [1.29, 1.82) is 0 Å². The van der Waals surface area contributed by atoms with Crippen LogP contribution in [0.1, 0.15) is 25.3 Å². The number of hydrogen-bond acceptors (Lipinski definition) is 4. The molecule has 0 spiro atoms. The van der Waals surface area contributed by atoms with Crippen molar-refractivity contribution in [1.82, 2.24) is 4.90 Å². The Labute approximate surface area is 106 Å². The fraction of sp³-hybridized carbons (Fsp3) is 0.538. The Morgan fingerprint density at radius 2 is 2.11 bits per heavy atom. The van der Waals surface area contributed by atoms with Gasteiger partial charge in [-0.1, -0.05) is 12.1 Å². The lowest BCUT2D eigenvalue weighted by Gasteiger charge is -2.36. The second-order valence-electron chi connectivity index (χ2n) is 5.23. The number of non-ortho nitro benzene ring substituents is 1. The number of aliphatic hydroxyl groups is 1. The summed E-state index contributed by atoms with van der Waals surface area (Å²) in [5.74, 6) is 0. The van der Waals surface area contributed by atoms with Gasteiger partial charge in [-0.2, -0.15) is 0 Å². The van der Waals surface area contributed by atoms with Gasteiger partial charge in [-0.3, -0.25) is 15.0 Å². The van der Waals surface area contributed by atoms with Crippen LogP contribution in [-0.4, -0.2) is 33.6 Å². The van der Waals surface area contributed by atoms with Gasteiger partial charge < -0.3 is 5.11 Å². The van der Waals surface area contributed by atoms with Gasteiger partial charge in [0, 0.05) is 25.2 Å². The number of hydrogen-bond donors (Lipinski definition) is 1. The predicted octanol–water partition coefficient (Wildman–Crippen LogP) is 1.94. The molecule has 2 rings (SSSR count). The van der Waals surface area contributed by atoms with Crippen LogP contribution in [-0.2, 0) is 6.54 Å². The third-order valence-electron chi connectivity index (χ3n) is 3.31. The summed E-state index contributed by atoms with van der Waals surface area (Å²) in [6, 6.07) is 6.61. The van der Waals surface area contributed by atoms with Gasteiger partial charge in [-0.25, -0.2) is 0 Å². The van der Waals surface area contributed by atoms with Crippen molar-refractivity contribution in [3.05, 3.63) is 39.9 Å². The van der Waals surface area contributed by atoms with E-state index in [9.17, 15) is 15.2 Å². The summed E-state index contributed by atoms with van der Waals surface area (Å²) < 4.78 is 0. The molecule has 1 fully saturated rings. The van der Waals surface area contributed by atoms with Crippen molar-refractivity contribution in [2.75, 3.05) is 13.1 Å². The molecule has 1 N–H and O–H groups in total. The number of nitro groups is 1. The van der Waals surface area contributed by atoms with Crippen molar-refractivity contribution < 1.29 is 10.0 Å². The number of piperidine rings is 1. The molecule has 1 aliphatic rings. The smallest absolute Gasteiger partial charge is 0.269 e. The van der Waals surface area contributed by atoms with E-state index >= 15 is 0 Å². The molecule has 5 nitrogen and oxygen atoms in total. The Kier molecular flexibility index (Phi) is 3.63. The van der Waals surface area contributed by atoms with E-state index in [0.29, 0.717) is 6.54 Å². The molecule has 98 valence electrons. The Bertz CT molecular complexity index is 428. The van der Waals surface area contributed by atoms with E-state index in [1.165, 1.54) is 12.1 Å². The normalized spacial score (nSPS) is 25.0. The number of rotatable bonds is 3. The summed E-state index contributed by atoms with van der Waals surface area (Å²) in [7, 11) is 0. The molecule has 0 bridgehead atoms. The van der Waals surface area contributed by atoms with Crippen LogP contribution < -0.4 is 0 Å². The second kappa shape index (κ2) is 5.04. The monoisotopic (exact) mass is 250 g/mol. The third kappa shape index (κ3) is 3.27. The SMILES string of the molecule is CC1(O)CCCN(Cc2ccc([N+](=O)[O-])cc2)C1. The van der Waals surface area contributed by atoms with Gasteiger partial charge in [-0.05, 0) is 31.9 Å². The topological polar surface area (TPSA) is 66.6 Å². The van der Waals surface area contributed by atoms with Gasteiger partial charge in [0.05, 0.1) is 10.5 Å². The molecular weight excluding hydrogens is 232 g/mol.